The fraction of sp³-hybridized carbons (Fsp3) is 0.188. The van der Waals surface area contributed by atoms with E-state index in [2.05, 4.69) is 5.32 Å². The Balaban J connectivity index is 1.75. The number of carboxylic acid groups (broad SMARTS) is 1. The smallest absolute Gasteiger partial charge is 0.336 e. The zero-order chi connectivity index (χ0) is 14.7. The van der Waals surface area contributed by atoms with Crippen LogP contribution in [-0.2, 0) is 6.54 Å². The topological polar surface area (TPSA) is 67.8 Å². The van der Waals surface area contributed by atoms with Crippen LogP contribution >= 0.6 is 0 Å². The molecule has 0 saturated carbocycles. The Bertz CT molecular complexity index is 669. The van der Waals surface area contributed by atoms with Crippen molar-refractivity contribution in [1.29, 1.82) is 0 Å². The molecule has 1 heterocycles. The number of benzene rings is 2. The number of anilines is 1. The first-order valence-corrected chi connectivity index (χ1v) is 6.69. The Morgan fingerprint density at radius 3 is 2.67 bits per heavy atom. The summed E-state index contributed by atoms with van der Waals surface area (Å²) in [6, 6.07) is 12.5. The molecule has 21 heavy (non-hydrogen) atoms. The summed E-state index contributed by atoms with van der Waals surface area (Å²) in [5.41, 5.74) is 1.90. The molecule has 5 nitrogen and oxygen atoms in total. The summed E-state index contributed by atoms with van der Waals surface area (Å²) >= 11 is 0. The molecule has 5 heteroatoms. The lowest BCUT2D eigenvalue weighted by molar-refractivity contribution is 0.0696. The van der Waals surface area contributed by atoms with E-state index in [1.165, 1.54) is 0 Å². The molecule has 0 unspecified atom stereocenters. The Morgan fingerprint density at radius 2 is 1.86 bits per heavy atom. The van der Waals surface area contributed by atoms with Gasteiger partial charge < -0.3 is 19.9 Å². The van der Waals surface area contributed by atoms with Crippen LogP contribution < -0.4 is 14.8 Å². The predicted octanol–water partition coefficient (Wildman–Crippen LogP) is 2.77. The largest absolute Gasteiger partial charge is 0.486 e. The Hall–Kier alpha value is -2.69. The highest BCUT2D eigenvalue weighted by molar-refractivity contribution is 5.89. The number of carbonyl (C=O) groups is 1. The van der Waals surface area contributed by atoms with Crippen LogP contribution in [0.5, 0.6) is 11.5 Å². The van der Waals surface area contributed by atoms with Crippen LogP contribution in [0.2, 0.25) is 0 Å². The van der Waals surface area contributed by atoms with E-state index in [-0.39, 0.29) is 0 Å². The van der Waals surface area contributed by atoms with Crippen molar-refractivity contribution in [2.45, 2.75) is 6.54 Å². The predicted molar refractivity (Wildman–Crippen MR) is 78.2 cm³/mol. The Kier molecular flexibility index (Phi) is 3.64. The number of ether oxygens (including phenoxy) is 2. The van der Waals surface area contributed by atoms with Gasteiger partial charge in [-0.1, -0.05) is 18.2 Å². The van der Waals surface area contributed by atoms with Gasteiger partial charge in [-0.05, 0) is 23.8 Å². The molecule has 0 spiro atoms. The van der Waals surface area contributed by atoms with Gasteiger partial charge in [-0.2, -0.15) is 0 Å². The quantitative estimate of drug-likeness (QED) is 0.904. The molecule has 1 aliphatic heterocycles. The van der Waals surface area contributed by atoms with Gasteiger partial charge in [0.2, 0.25) is 0 Å². The average molecular weight is 285 g/mol. The number of hydrogen-bond acceptors (Lipinski definition) is 4. The number of nitrogens with one attached hydrogen (secondary N) is 1. The van der Waals surface area contributed by atoms with Gasteiger partial charge in [0.25, 0.3) is 0 Å². The summed E-state index contributed by atoms with van der Waals surface area (Å²) in [6.45, 7) is 1.53. The highest BCUT2D eigenvalue weighted by Crippen LogP contribution is 2.32. The van der Waals surface area contributed by atoms with Crippen LogP contribution in [0.3, 0.4) is 0 Å². The van der Waals surface area contributed by atoms with E-state index in [0.29, 0.717) is 31.1 Å². The summed E-state index contributed by atoms with van der Waals surface area (Å²) in [7, 11) is 0. The molecule has 108 valence electrons. The Morgan fingerprint density at radius 1 is 1.10 bits per heavy atom. The SMILES string of the molecule is O=C(O)c1ccccc1CNc1ccc2c(c1)OCCO2. The minimum absolute atomic E-state index is 0.308. The van der Waals surface area contributed by atoms with Crippen LogP contribution in [0.25, 0.3) is 0 Å². The number of fused-ring (bicyclic) bond motifs is 1. The van der Waals surface area contributed by atoms with Crippen molar-refractivity contribution in [3.63, 3.8) is 0 Å². The summed E-state index contributed by atoms with van der Waals surface area (Å²) in [4.78, 5) is 11.2. The first-order valence-electron chi connectivity index (χ1n) is 6.69. The third kappa shape index (κ3) is 2.91. The van der Waals surface area contributed by atoms with E-state index >= 15 is 0 Å². The van der Waals surface area contributed by atoms with Gasteiger partial charge in [0, 0.05) is 18.3 Å². The summed E-state index contributed by atoms with van der Waals surface area (Å²) in [5.74, 6) is 0.519. The molecule has 0 fully saturated rings. The first-order chi connectivity index (χ1) is 10.2. The maximum atomic E-state index is 11.2. The van der Waals surface area contributed by atoms with Gasteiger partial charge in [-0.3, -0.25) is 0 Å². The minimum atomic E-state index is -0.922. The standard InChI is InChI=1S/C16H15NO4/c18-16(19)13-4-2-1-3-11(13)10-17-12-5-6-14-15(9-12)21-8-7-20-14/h1-6,9,17H,7-8,10H2,(H,18,19). The van der Waals surface area contributed by atoms with E-state index in [0.717, 1.165) is 17.0 Å². The van der Waals surface area contributed by atoms with Crippen molar-refractivity contribution in [3.05, 3.63) is 53.6 Å². The second-order valence-electron chi connectivity index (χ2n) is 4.67. The van der Waals surface area contributed by atoms with Gasteiger partial charge in [-0.25, -0.2) is 4.79 Å². The van der Waals surface area contributed by atoms with Crippen molar-refractivity contribution in [3.8, 4) is 11.5 Å². The number of carboxylic acids is 1. The molecular weight excluding hydrogens is 270 g/mol. The number of hydrogen-bond donors (Lipinski definition) is 2. The van der Waals surface area contributed by atoms with Crippen LogP contribution in [-0.4, -0.2) is 24.3 Å². The van der Waals surface area contributed by atoms with Crippen LogP contribution in [0.15, 0.2) is 42.5 Å². The van der Waals surface area contributed by atoms with Gasteiger partial charge in [-0.15, -0.1) is 0 Å². The molecule has 1 aliphatic rings. The maximum absolute atomic E-state index is 11.2. The fourth-order valence-corrected chi connectivity index (χ4v) is 2.23. The molecule has 0 radical (unpaired) electrons. The van der Waals surface area contributed by atoms with Crippen LogP contribution in [0, 0.1) is 0 Å². The van der Waals surface area contributed by atoms with Gasteiger partial charge in [0.05, 0.1) is 5.56 Å². The van der Waals surface area contributed by atoms with Gasteiger partial charge >= 0.3 is 5.97 Å². The summed E-state index contributed by atoms with van der Waals surface area (Å²) in [5, 5.41) is 12.4. The zero-order valence-electron chi connectivity index (χ0n) is 11.3. The lowest BCUT2D eigenvalue weighted by atomic mass is 10.1. The maximum Gasteiger partial charge on any atom is 0.336 e. The van der Waals surface area contributed by atoms with E-state index < -0.39 is 5.97 Å². The van der Waals surface area contributed by atoms with E-state index in [1.54, 1.807) is 18.2 Å². The Labute approximate surface area is 122 Å². The molecule has 0 aliphatic carbocycles. The van der Waals surface area contributed by atoms with Crippen molar-refractivity contribution in [2.24, 2.45) is 0 Å². The molecule has 3 rings (SSSR count). The molecule has 0 amide bonds. The molecule has 2 N–H and O–H groups in total. The number of rotatable bonds is 4. The normalized spacial score (nSPS) is 12.8. The third-order valence-corrected chi connectivity index (χ3v) is 3.27. The highest BCUT2D eigenvalue weighted by atomic mass is 16.6. The fourth-order valence-electron chi connectivity index (χ4n) is 2.23. The van der Waals surface area contributed by atoms with Crippen molar-refractivity contribution >= 4 is 11.7 Å². The van der Waals surface area contributed by atoms with E-state index in [9.17, 15) is 4.79 Å². The molecule has 0 aromatic heterocycles. The second kappa shape index (κ2) is 5.75. The molecule has 0 atom stereocenters. The lowest BCUT2D eigenvalue weighted by Gasteiger charge is -2.19. The average Bonchev–Trinajstić information content (AvgIpc) is 2.53. The highest BCUT2D eigenvalue weighted by Gasteiger charge is 2.12. The minimum Gasteiger partial charge on any atom is -0.486 e. The zero-order valence-corrected chi connectivity index (χ0v) is 11.3. The lowest BCUT2D eigenvalue weighted by Crippen LogP contribution is -2.15. The molecule has 0 bridgehead atoms. The number of aromatic carboxylic acids is 1. The summed E-state index contributed by atoms with van der Waals surface area (Å²) < 4.78 is 11.0. The van der Waals surface area contributed by atoms with Crippen LogP contribution in [0.4, 0.5) is 5.69 Å². The van der Waals surface area contributed by atoms with Crippen molar-refractivity contribution in [1.82, 2.24) is 0 Å². The monoisotopic (exact) mass is 285 g/mol. The van der Waals surface area contributed by atoms with Crippen LogP contribution in [0.1, 0.15) is 15.9 Å². The third-order valence-electron chi connectivity index (χ3n) is 3.27. The van der Waals surface area contributed by atoms with Crippen molar-refractivity contribution in [2.75, 3.05) is 18.5 Å². The molecule has 2 aromatic carbocycles. The first kappa shape index (κ1) is 13.3. The van der Waals surface area contributed by atoms with Gasteiger partial charge in [0.15, 0.2) is 11.5 Å². The summed E-state index contributed by atoms with van der Waals surface area (Å²) in [6.07, 6.45) is 0. The van der Waals surface area contributed by atoms with Gasteiger partial charge in [0.1, 0.15) is 13.2 Å². The van der Waals surface area contributed by atoms with Crippen molar-refractivity contribution < 1.29 is 19.4 Å². The van der Waals surface area contributed by atoms with E-state index in [4.69, 9.17) is 14.6 Å². The van der Waals surface area contributed by atoms with E-state index in [1.807, 2.05) is 24.3 Å². The molecule has 0 saturated heterocycles. The molecular formula is C16H15NO4. The second-order valence-corrected chi connectivity index (χ2v) is 4.67. The molecule has 2 aromatic rings.